The van der Waals surface area contributed by atoms with Gasteiger partial charge in [-0.2, -0.15) is 5.12 Å². The van der Waals surface area contributed by atoms with Gasteiger partial charge < -0.3 is 0 Å². The number of halogens is 1. The van der Waals surface area contributed by atoms with Crippen LogP contribution in [0, 0.1) is 0 Å². The van der Waals surface area contributed by atoms with Crippen molar-refractivity contribution in [2.45, 2.75) is 6.92 Å². The lowest BCUT2D eigenvalue weighted by Gasteiger charge is -2.13. The minimum Gasteiger partial charge on any atom is -0.180 e. The average Bonchev–Trinajstić information content (AvgIpc) is 2.15. The molecule has 2 heteroatoms. The van der Waals surface area contributed by atoms with Crippen molar-refractivity contribution in [2.24, 2.45) is 0 Å². The zero-order valence-electron chi connectivity index (χ0n) is 7.83. The van der Waals surface area contributed by atoms with Gasteiger partial charge in [-0.15, -0.1) is 0 Å². The quantitative estimate of drug-likeness (QED) is 0.461. The van der Waals surface area contributed by atoms with Gasteiger partial charge in [0.25, 0.3) is 0 Å². The Morgan fingerprint density at radius 1 is 1.38 bits per heavy atom. The highest BCUT2D eigenvalue weighted by Gasteiger charge is 2.05. The molecule has 0 spiro atoms. The van der Waals surface area contributed by atoms with Gasteiger partial charge in [0.15, 0.2) is 0 Å². The van der Waals surface area contributed by atoms with E-state index in [4.69, 9.17) is 0 Å². The smallest absolute Gasteiger partial charge is 0.0743 e. The number of hydrogen-bond acceptors (Lipinski definition) is 1. The van der Waals surface area contributed by atoms with Gasteiger partial charge in [-0.25, -0.2) is 0 Å². The molecule has 13 heavy (non-hydrogen) atoms. The molecule has 0 fully saturated rings. The SMILES string of the molecule is C=C/C=C(\C=C/C)N(F)C(=C)C=C. The van der Waals surface area contributed by atoms with Crippen molar-refractivity contribution in [1.29, 1.82) is 0 Å². The van der Waals surface area contributed by atoms with E-state index in [2.05, 4.69) is 19.7 Å². The summed E-state index contributed by atoms with van der Waals surface area (Å²) in [5.74, 6) is 0. The van der Waals surface area contributed by atoms with Gasteiger partial charge in [-0.3, -0.25) is 0 Å². The van der Waals surface area contributed by atoms with E-state index in [0.717, 1.165) is 0 Å². The van der Waals surface area contributed by atoms with Crippen LogP contribution >= 0.6 is 0 Å². The van der Waals surface area contributed by atoms with Gasteiger partial charge in [0.2, 0.25) is 0 Å². The van der Waals surface area contributed by atoms with Crippen molar-refractivity contribution in [3.8, 4) is 0 Å². The number of allylic oxidation sites excluding steroid dienone is 5. The lowest BCUT2D eigenvalue weighted by atomic mass is 10.3. The molecular weight excluding hydrogens is 165 g/mol. The van der Waals surface area contributed by atoms with Gasteiger partial charge >= 0.3 is 0 Å². The van der Waals surface area contributed by atoms with E-state index in [0.29, 0.717) is 10.8 Å². The first-order valence-corrected chi connectivity index (χ1v) is 3.90. The average molecular weight is 179 g/mol. The van der Waals surface area contributed by atoms with Crippen LogP contribution in [0.3, 0.4) is 0 Å². The molecule has 0 aliphatic rings. The monoisotopic (exact) mass is 179 g/mol. The Morgan fingerprint density at radius 3 is 2.38 bits per heavy atom. The van der Waals surface area contributed by atoms with Crippen LogP contribution in [0.1, 0.15) is 6.92 Å². The molecular formula is C11H14FN. The maximum atomic E-state index is 13.3. The van der Waals surface area contributed by atoms with E-state index in [1.54, 1.807) is 25.2 Å². The van der Waals surface area contributed by atoms with E-state index in [9.17, 15) is 4.48 Å². The molecule has 0 rings (SSSR count). The molecule has 0 saturated carbocycles. The number of rotatable bonds is 5. The van der Waals surface area contributed by atoms with Crippen molar-refractivity contribution in [2.75, 3.05) is 0 Å². The molecule has 0 N–H and O–H groups in total. The van der Waals surface area contributed by atoms with Gasteiger partial charge in [0.05, 0.1) is 11.4 Å². The molecule has 0 aliphatic carbocycles. The fraction of sp³-hybridized carbons (Fsp3) is 0.0909. The summed E-state index contributed by atoms with van der Waals surface area (Å²) >= 11 is 0. The van der Waals surface area contributed by atoms with E-state index in [1.807, 2.05) is 0 Å². The first-order chi connectivity index (χ1) is 6.17. The maximum Gasteiger partial charge on any atom is 0.0743 e. The molecule has 0 heterocycles. The highest BCUT2D eigenvalue weighted by atomic mass is 19.2. The Labute approximate surface area is 78.8 Å². The second-order valence-corrected chi connectivity index (χ2v) is 2.30. The van der Waals surface area contributed by atoms with Crippen LogP contribution in [0.25, 0.3) is 0 Å². The van der Waals surface area contributed by atoms with E-state index < -0.39 is 0 Å². The highest BCUT2D eigenvalue weighted by Crippen LogP contribution is 2.14. The minimum absolute atomic E-state index is 0.200. The Hall–Kier alpha value is -1.57. The van der Waals surface area contributed by atoms with E-state index >= 15 is 0 Å². The van der Waals surface area contributed by atoms with Gasteiger partial charge in [-0.1, -0.05) is 36.4 Å². The van der Waals surface area contributed by atoms with E-state index in [1.165, 1.54) is 12.2 Å². The zero-order valence-corrected chi connectivity index (χ0v) is 7.83. The molecule has 0 radical (unpaired) electrons. The fourth-order valence-electron chi connectivity index (χ4n) is 0.724. The van der Waals surface area contributed by atoms with Crippen molar-refractivity contribution in [3.05, 3.63) is 61.5 Å². The number of hydrogen-bond donors (Lipinski definition) is 0. The predicted molar refractivity (Wildman–Crippen MR) is 55.4 cm³/mol. The normalized spacial score (nSPS) is 11.4. The second-order valence-electron chi connectivity index (χ2n) is 2.30. The summed E-state index contributed by atoms with van der Waals surface area (Å²) in [5.41, 5.74) is 0.577. The predicted octanol–water partition coefficient (Wildman–Crippen LogP) is 3.52. The molecule has 0 aromatic rings. The molecule has 0 atom stereocenters. The lowest BCUT2D eigenvalue weighted by Crippen LogP contribution is -2.08. The second kappa shape index (κ2) is 6.00. The van der Waals surface area contributed by atoms with Crippen LogP contribution in [0.4, 0.5) is 4.48 Å². The Kier molecular flexibility index (Phi) is 5.28. The standard InChI is InChI=1S/C11H14FN/c1-5-8-11(9-6-2)13(12)10(4)7-3/h5-9H,1,3-4H2,2H3/b9-6-,11-8+. The van der Waals surface area contributed by atoms with Gasteiger partial charge in [0, 0.05) is 0 Å². The first-order valence-electron chi connectivity index (χ1n) is 3.90. The number of nitrogens with zero attached hydrogens (tertiary/aromatic N) is 1. The third-order valence-electron chi connectivity index (χ3n) is 1.34. The summed E-state index contributed by atoms with van der Waals surface area (Å²) in [7, 11) is 0. The third kappa shape index (κ3) is 3.56. The summed E-state index contributed by atoms with van der Waals surface area (Å²) in [4.78, 5) is 0. The fourth-order valence-corrected chi connectivity index (χ4v) is 0.724. The Bertz CT molecular complexity index is 261. The van der Waals surface area contributed by atoms with Gasteiger partial charge in [-0.05, 0) is 25.2 Å². The molecule has 1 nitrogen and oxygen atoms in total. The molecule has 0 amide bonds. The van der Waals surface area contributed by atoms with Crippen LogP contribution in [0.2, 0.25) is 0 Å². The minimum atomic E-state index is 0.200. The summed E-state index contributed by atoms with van der Waals surface area (Å²) in [6.45, 7) is 12.2. The lowest BCUT2D eigenvalue weighted by molar-refractivity contribution is 0.131. The van der Waals surface area contributed by atoms with Crippen LogP contribution in [-0.2, 0) is 0 Å². The largest absolute Gasteiger partial charge is 0.180 e. The van der Waals surface area contributed by atoms with E-state index in [-0.39, 0.29) is 5.70 Å². The Balaban J connectivity index is 4.74. The molecule has 0 saturated heterocycles. The summed E-state index contributed by atoms with van der Waals surface area (Å²) in [6.07, 6.45) is 7.77. The van der Waals surface area contributed by atoms with Gasteiger partial charge in [0.1, 0.15) is 0 Å². The van der Waals surface area contributed by atoms with Crippen LogP contribution in [0.15, 0.2) is 61.5 Å². The summed E-state index contributed by atoms with van der Waals surface area (Å²) in [5, 5.41) is 0.453. The van der Waals surface area contributed by atoms with Crippen LogP contribution in [0.5, 0.6) is 0 Å². The Morgan fingerprint density at radius 2 is 2.00 bits per heavy atom. The van der Waals surface area contributed by atoms with Crippen molar-refractivity contribution in [1.82, 2.24) is 5.12 Å². The van der Waals surface area contributed by atoms with Crippen molar-refractivity contribution < 1.29 is 4.48 Å². The molecule has 0 unspecified atom stereocenters. The molecule has 0 aromatic carbocycles. The molecule has 0 bridgehead atoms. The molecule has 70 valence electrons. The van der Waals surface area contributed by atoms with Crippen molar-refractivity contribution >= 4 is 0 Å². The summed E-state index contributed by atoms with van der Waals surface area (Å²) in [6, 6.07) is 0. The highest BCUT2D eigenvalue weighted by molar-refractivity contribution is 5.26. The molecule has 0 aliphatic heterocycles. The van der Waals surface area contributed by atoms with Crippen LogP contribution < -0.4 is 0 Å². The third-order valence-corrected chi connectivity index (χ3v) is 1.34. The van der Waals surface area contributed by atoms with Crippen LogP contribution in [-0.4, -0.2) is 5.12 Å². The zero-order chi connectivity index (χ0) is 10.3. The maximum absolute atomic E-state index is 13.3. The summed E-state index contributed by atoms with van der Waals surface area (Å²) < 4.78 is 13.3. The van der Waals surface area contributed by atoms with Crippen molar-refractivity contribution in [3.63, 3.8) is 0 Å². The first kappa shape index (κ1) is 11.4. The topological polar surface area (TPSA) is 3.24 Å². The molecule has 0 aromatic heterocycles.